The Morgan fingerprint density at radius 1 is 1.24 bits per heavy atom. The third-order valence-electron chi connectivity index (χ3n) is 3.76. The van der Waals surface area contributed by atoms with Crippen LogP contribution in [0, 0.1) is 0 Å². The second-order valence-electron chi connectivity index (χ2n) is 5.89. The largest absolute Gasteiger partial charge is 0.338 e. The number of benzene rings is 2. The molecule has 11 heteroatoms. The van der Waals surface area contributed by atoms with Gasteiger partial charge in [-0.15, -0.1) is 11.8 Å². The Hall–Kier alpha value is -2.40. The molecular weight excluding hydrogens is 436 g/mol. The highest BCUT2D eigenvalue weighted by atomic mass is 35.5. The number of carbonyl (C=O) groups excluding carboxylic acids is 1. The highest BCUT2D eigenvalue weighted by molar-refractivity contribution is 7.98. The number of thioether (sulfide) groups is 1. The molecule has 3 rings (SSSR count). The lowest BCUT2D eigenvalue weighted by Gasteiger charge is -2.11. The van der Waals surface area contributed by atoms with Crippen molar-refractivity contribution in [2.75, 3.05) is 11.6 Å². The minimum absolute atomic E-state index is 0.00799. The van der Waals surface area contributed by atoms with Crippen LogP contribution in [0.5, 0.6) is 0 Å². The van der Waals surface area contributed by atoms with Gasteiger partial charge in [0.15, 0.2) is 0 Å². The number of halogens is 1. The Kier molecular flexibility index (Phi) is 6.58. The molecule has 0 aliphatic carbocycles. The molecule has 152 valence electrons. The molecule has 29 heavy (non-hydrogen) atoms. The predicted octanol–water partition coefficient (Wildman–Crippen LogP) is 3.55. The van der Waals surface area contributed by atoms with Crippen molar-refractivity contribution in [2.24, 2.45) is 0 Å². The van der Waals surface area contributed by atoms with Crippen molar-refractivity contribution in [1.29, 1.82) is 0 Å². The number of aromatic nitrogens is 2. The average Bonchev–Trinajstić information content (AvgIpc) is 3.15. The Labute approximate surface area is 177 Å². The van der Waals surface area contributed by atoms with Crippen LogP contribution in [0.4, 0.5) is 5.69 Å². The van der Waals surface area contributed by atoms with Gasteiger partial charge in [0.2, 0.25) is 27.6 Å². The van der Waals surface area contributed by atoms with Gasteiger partial charge in [-0.1, -0.05) is 28.9 Å². The van der Waals surface area contributed by atoms with Gasteiger partial charge in [-0.05, 0) is 36.6 Å². The van der Waals surface area contributed by atoms with Gasteiger partial charge in [-0.3, -0.25) is 4.79 Å². The van der Waals surface area contributed by atoms with Gasteiger partial charge in [0, 0.05) is 22.4 Å². The predicted molar refractivity (Wildman–Crippen MR) is 111 cm³/mol. The van der Waals surface area contributed by atoms with Crippen LogP contribution in [0.1, 0.15) is 12.8 Å². The number of nitrogens with zero attached hydrogens (tertiary/aromatic N) is 2. The second-order valence-corrected chi connectivity index (χ2v) is 8.94. The zero-order chi connectivity index (χ0) is 21.0. The fourth-order valence-corrected chi connectivity index (χ4v) is 4.18. The quantitative estimate of drug-likeness (QED) is 0.527. The van der Waals surface area contributed by atoms with Crippen LogP contribution in [0.15, 0.2) is 56.8 Å². The van der Waals surface area contributed by atoms with Crippen molar-refractivity contribution in [3.05, 3.63) is 53.4 Å². The van der Waals surface area contributed by atoms with Crippen LogP contribution in [-0.4, -0.2) is 30.7 Å². The molecule has 0 unspecified atom stereocenters. The van der Waals surface area contributed by atoms with E-state index in [-0.39, 0.29) is 23.2 Å². The van der Waals surface area contributed by atoms with Gasteiger partial charge in [0.1, 0.15) is 0 Å². The summed E-state index contributed by atoms with van der Waals surface area (Å²) in [7, 11) is -3.86. The molecule has 0 radical (unpaired) electrons. The number of anilines is 1. The lowest BCUT2D eigenvalue weighted by Crippen LogP contribution is -2.23. The van der Waals surface area contributed by atoms with E-state index in [1.54, 1.807) is 30.3 Å². The maximum absolute atomic E-state index is 12.6. The maximum atomic E-state index is 12.6. The van der Waals surface area contributed by atoms with Gasteiger partial charge in [0.05, 0.1) is 17.1 Å². The minimum Gasteiger partial charge on any atom is -0.338 e. The topological polar surface area (TPSA) is 114 Å². The average molecular weight is 453 g/mol. The van der Waals surface area contributed by atoms with E-state index in [1.807, 2.05) is 6.26 Å². The van der Waals surface area contributed by atoms with E-state index < -0.39 is 10.0 Å². The van der Waals surface area contributed by atoms with Crippen molar-refractivity contribution >= 4 is 45.0 Å². The fourth-order valence-electron chi connectivity index (χ4n) is 2.45. The number of hydrogen-bond acceptors (Lipinski definition) is 7. The molecule has 2 N–H and O–H groups in total. The van der Waals surface area contributed by atoms with Crippen molar-refractivity contribution in [1.82, 2.24) is 14.9 Å². The van der Waals surface area contributed by atoms with Crippen LogP contribution in [-0.2, 0) is 21.4 Å². The minimum atomic E-state index is -3.86. The number of nitrogens with one attached hydrogen (secondary N) is 2. The molecule has 0 saturated carbocycles. The number of rotatable bonds is 7. The summed E-state index contributed by atoms with van der Waals surface area (Å²) in [5.74, 6) is 0.118. The smallest absolute Gasteiger partial charge is 0.242 e. The highest BCUT2D eigenvalue weighted by Crippen LogP contribution is 2.28. The summed E-state index contributed by atoms with van der Waals surface area (Å²) in [6.07, 6.45) is 1.83. The number of sulfonamides is 1. The first-order valence-electron chi connectivity index (χ1n) is 8.32. The Morgan fingerprint density at radius 3 is 2.72 bits per heavy atom. The Balaban J connectivity index is 1.76. The van der Waals surface area contributed by atoms with E-state index in [4.69, 9.17) is 16.1 Å². The molecule has 1 amide bonds. The monoisotopic (exact) mass is 452 g/mol. The first-order valence-corrected chi connectivity index (χ1v) is 11.4. The van der Waals surface area contributed by atoms with Crippen LogP contribution >= 0.6 is 23.4 Å². The van der Waals surface area contributed by atoms with Gasteiger partial charge in [0.25, 0.3) is 0 Å². The molecule has 1 aromatic heterocycles. The van der Waals surface area contributed by atoms with E-state index in [2.05, 4.69) is 20.2 Å². The van der Waals surface area contributed by atoms with E-state index in [0.29, 0.717) is 22.1 Å². The third-order valence-corrected chi connectivity index (χ3v) is 6.19. The molecule has 1 heterocycles. The summed E-state index contributed by atoms with van der Waals surface area (Å²) in [6.45, 7) is 1.17. The molecule has 3 aromatic rings. The summed E-state index contributed by atoms with van der Waals surface area (Å²) < 4.78 is 32.8. The number of amides is 1. The first-order chi connectivity index (χ1) is 13.8. The lowest BCUT2D eigenvalue weighted by atomic mass is 10.2. The summed E-state index contributed by atoms with van der Waals surface area (Å²) >= 11 is 7.35. The summed E-state index contributed by atoms with van der Waals surface area (Å²) in [4.78, 5) is 16.3. The van der Waals surface area contributed by atoms with Crippen LogP contribution in [0.3, 0.4) is 0 Å². The molecule has 2 aromatic carbocycles. The van der Waals surface area contributed by atoms with Gasteiger partial charge >= 0.3 is 0 Å². The summed E-state index contributed by atoms with van der Waals surface area (Å²) in [6, 6.07) is 11.4. The summed E-state index contributed by atoms with van der Waals surface area (Å²) in [5, 5.41) is 7.00. The molecule has 0 bridgehead atoms. The fraction of sp³-hybridized carbons (Fsp3) is 0.167. The van der Waals surface area contributed by atoms with Crippen molar-refractivity contribution in [3.8, 4) is 11.4 Å². The SMILES string of the molecule is CSc1ccc(S(=O)(=O)NCc2nc(-c3cccc(Cl)c3)no2)cc1NC(C)=O. The van der Waals surface area contributed by atoms with E-state index in [0.717, 1.165) is 4.90 Å². The zero-order valence-electron chi connectivity index (χ0n) is 15.5. The molecule has 0 atom stereocenters. The van der Waals surface area contributed by atoms with Crippen LogP contribution in [0.2, 0.25) is 5.02 Å². The molecule has 0 aliphatic rings. The maximum Gasteiger partial charge on any atom is 0.242 e. The van der Waals surface area contributed by atoms with Crippen molar-refractivity contribution < 1.29 is 17.7 Å². The van der Waals surface area contributed by atoms with Crippen LogP contribution in [0.25, 0.3) is 11.4 Å². The van der Waals surface area contributed by atoms with Gasteiger partial charge in [-0.25, -0.2) is 13.1 Å². The molecule has 0 spiro atoms. The molecule has 0 fully saturated rings. The van der Waals surface area contributed by atoms with Crippen LogP contribution < -0.4 is 10.0 Å². The zero-order valence-corrected chi connectivity index (χ0v) is 17.9. The Bertz CT molecular complexity index is 1150. The standard InChI is InChI=1S/C18H17ClN4O4S2/c1-11(24)21-15-9-14(6-7-16(15)28-2)29(25,26)20-10-17-22-18(23-27-17)12-4-3-5-13(19)8-12/h3-9,20H,10H2,1-2H3,(H,21,24). The van der Waals surface area contributed by atoms with Gasteiger partial charge < -0.3 is 9.84 Å². The molecule has 0 saturated heterocycles. The van der Waals surface area contributed by atoms with E-state index in [1.165, 1.54) is 30.8 Å². The molecule has 0 aliphatic heterocycles. The second kappa shape index (κ2) is 8.95. The molecule has 8 nitrogen and oxygen atoms in total. The van der Waals surface area contributed by atoms with Gasteiger partial charge in [-0.2, -0.15) is 4.98 Å². The lowest BCUT2D eigenvalue weighted by molar-refractivity contribution is -0.114. The summed E-state index contributed by atoms with van der Waals surface area (Å²) in [5.41, 5.74) is 1.08. The number of hydrogen-bond donors (Lipinski definition) is 2. The molecular formula is C18H17ClN4O4S2. The van der Waals surface area contributed by atoms with Crippen molar-refractivity contribution in [3.63, 3.8) is 0 Å². The van der Waals surface area contributed by atoms with Crippen molar-refractivity contribution in [2.45, 2.75) is 23.3 Å². The van der Waals surface area contributed by atoms with E-state index in [9.17, 15) is 13.2 Å². The Morgan fingerprint density at radius 2 is 2.03 bits per heavy atom. The third kappa shape index (κ3) is 5.36. The normalized spacial score (nSPS) is 11.4. The van der Waals surface area contributed by atoms with E-state index >= 15 is 0 Å². The first kappa shape index (κ1) is 21.3. The highest BCUT2D eigenvalue weighted by Gasteiger charge is 2.18. The number of carbonyl (C=O) groups is 1.